The number of nitriles is 1. The van der Waals surface area contributed by atoms with Crippen molar-refractivity contribution in [2.45, 2.75) is 19.9 Å². The zero-order valence-corrected chi connectivity index (χ0v) is 21.3. The molecule has 3 heterocycles. The number of carbonyl (C=O) groups is 1. The van der Waals surface area contributed by atoms with Crippen molar-refractivity contribution in [1.82, 2.24) is 19.9 Å². The summed E-state index contributed by atoms with van der Waals surface area (Å²) in [5.74, 6) is -1.10. The van der Waals surface area contributed by atoms with Gasteiger partial charge in [-0.15, -0.1) is 0 Å². The molecule has 0 radical (unpaired) electrons. The lowest BCUT2D eigenvalue weighted by molar-refractivity contribution is -0.130. The molecule has 3 N–H and O–H groups in total. The van der Waals surface area contributed by atoms with Gasteiger partial charge < -0.3 is 16.0 Å². The highest BCUT2D eigenvalue weighted by Gasteiger charge is 2.33. The van der Waals surface area contributed by atoms with Gasteiger partial charge in [0.05, 0.1) is 21.3 Å². The lowest BCUT2D eigenvalue weighted by Crippen LogP contribution is -2.57. The number of nitrogens with one attached hydrogen (secondary N) is 1. The largest absolute Gasteiger partial charge is 0.375 e. The maximum absolute atomic E-state index is 15.8. The second-order valence-corrected chi connectivity index (χ2v) is 10.4. The Hall–Kier alpha value is -3.88. The number of allylic oxidation sites excluding steroid dienone is 1. The third-order valence-corrected chi connectivity index (χ3v) is 7.15. The molecule has 12 heteroatoms. The van der Waals surface area contributed by atoms with Crippen LogP contribution in [0.15, 0.2) is 36.2 Å². The van der Waals surface area contributed by atoms with Gasteiger partial charge in [-0.1, -0.05) is 42.9 Å². The Morgan fingerprint density at radius 1 is 1.32 bits per heavy atom. The molecule has 2 aromatic heterocycles. The maximum atomic E-state index is 15.8. The van der Waals surface area contributed by atoms with Gasteiger partial charge in [0.15, 0.2) is 10.9 Å². The van der Waals surface area contributed by atoms with E-state index in [0.717, 1.165) is 11.3 Å². The van der Waals surface area contributed by atoms with Crippen molar-refractivity contribution in [1.29, 1.82) is 5.26 Å². The van der Waals surface area contributed by atoms with E-state index in [1.165, 1.54) is 18.5 Å². The summed E-state index contributed by atoms with van der Waals surface area (Å²) in [6.07, 6.45) is 2.87. The van der Waals surface area contributed by atoms with Crippen molar-refractivity contribution in [3.63, 3.8) is 0 Å². The average Bonchev–Trinajstić information content (AvgIpc) is 3.23. The average molecular weight is 540 g/mol. The molecular formula is C25H20ClF2N7OS. The SMILES string of the molecule is CC(C)/C=C(\C#N)C(=O)N1CC(Nc2ncnc3c(F)c(-c4ccc(F)c5sc(N)nc45)c(Cl)cc23)C1. The number of fused-ring (bicyclic) bond motifs is 2. The molecule has 1 saturated heterocycles. The third kappa shape index (κ3) is 4.43. The smallest absolute Gasteiger partial charge is 0.264 e. The Labute approximate surface area is 219 Å². The van der Waals surface area contributed by atoms with E-state index in [1.54, 1.807) is 17.0 Å². The van der Waals surface area contributed by atoms with Crippen LogP contribution in [-0.2, 0) is 4.79 Å². The van der Waals surface area contributed by atoms with E-state index in [-0.39, 0.29) is 54.9 Å². The molecule has 1 aliphatic heterocycles. The molecular weight excluding hydrogens is 520 g/mol. The Balaban J connectivity index is 1.45. The first-order chi connectivity index (χ1) is 17.7. The number of nitrogen functional groups attached to an aromatic ring is 1. The number of aromatic nitrogens is 3. The van der Waals surface area contributed by atoms with Crippen LogP contribution >= 0.6 is 22.9 Å². The Kier molecular flexibility index (Phi) is 6.39. The van der Waals surface area contributed by atoms with E-state index >= 15 is 4.39 Å². The van der Waals surface area contributed by atoms with Gasteiger partial charge in [-0.05, 0) is 24.1 Å². The number of amides is 1. The van der Waals surface area contributed by atoms with Crippen LogP contribution in [0.25, 0.3) is 32.2 Å². The standard InChI is InChI=1S/C25H20ClF2N7OS/c1-11(2)5-12(7-29)24(36)35-8-13(9-35)33-23-15-6-16(26)18(19(28)20(15)31-10-32-23)14-3-4-17(27)22-21(14)34-25(30)37-22/h3-6,10-11,13H,8-9H2,1-2H3,(H2,30,34)(H,31,32,33)/b12-5+. The predicted octanol–water partition coefficient (Wildman–Crippen LogP) is 5.15. The monoisotopic (exact) mass is 539 g/mol. The molecule has 8 nitrogen and oxygen atoms in total. The molecule has 188 valence electrons. The number of benzene rings is 2. The van der Waals surface area contributed by atoms with Gasteiger partial charge in [0.25, 0.3) is 5.91 Å². The van der Waals surface area contributed by atoms with E-state index < -0.39 is 11.6 Å². The highest BCUT2D eigenvalue weighted by Crippen LogP contribution is 2.41. The van der Waals surface area contributed by atoms with Gasteiger partial charge >= 0.3 is 0 Å². The number of nitrogens with zero attached hydrogens (tertiary/aromatic N) is 5. The molecule has 0 spiro atoms. The van der Waals surface area contributed by atoms with Crippen LogP contribution in [0.3, 0.4) is 0 Å². The van der Waals surface area contributed by atoms with Gasteiger partial charge in [-0.3, -0.25) is 4.79 Å². The summed E-state index contributed by atoms with van der Waals surface area (Å²) in [5, 5.41) is 13.1. The maximum Gasteiger partial charge on any atom is 0.264 e. The molecule has 4 aromatic rings. The number of carbonyl (C=O) groups excluding carboxylic acids is 1. The molecule has 2 aromatic carbocycles. The van der Waals surface area contributed by atoms with E-state index in [0.29, 0.717) is 29.9 Å². The van der Waals surface area contributed by atoms with Gasteiger partial charge in [-0.25, -0.2) is 23.7 Å². The number of nitrogens with two attached hydrogens (primary N) is 1. The number of hydrogen-bond donors (Lipinski definition) is 2. The van der Waals surface area contributed by atoms with Crippen molar-refractivity contribution in [3.8, 4) is 17.2 Å². The van der Waals surface area contributed by atoms with Crippen LogP contribution in [0.5, 0.6) is 0 Å². The van der Waals surface area contributed by atoms with Crippen LogP contribution in [0, 0.1) is 28.9 Å². The summed E-state index contributed by atoms with van der Waals surface area (Å²) in [6, 6.07) is 5.98. The summed E-state index contributed by atoms with van der Waals surface area (Å²) in [4.78, 5) is 26.7. The number of hydrogen-bond acceptors (Lipinski definition) is 8. The second-order valence-electron chi connectivity index (χ2n) is 8.98. The summed E-state index contributed by atoms with van der Waals surface area (Å²) >= 11 is 7.51. The number of halogens is 3. The van der Waals surface area contributed by atoms with E-state index in [2.05, 4.69) is 20.3 Å². The normalized spacial score (nSPS) is 14.3. The van der Waals surface area contributed by atoms with Crippen molar-refractivity contribution >= 4 is 60.9 Å². The van der Waals surface area contributed by atoms with Crippen LogP contribution in [0.4, 0.5) is 19.7 Å². The lowest BCUT2D eigenvalue weighted by Gasteiger charge is -2.39. The highest BCUT2D eigenvalue weighted by atomic mass is 35.5. The first-order valence-corrected chi connectivity index (χ1v) is 12.5. The minimum Gasteiger partial charge on any atom is -0.375 e. The fourth-order valence-electron chi connectivity index (χ4n) is 4.27. The van der Waals surface area contributed by atoms with Crippen LogP contribution in [-0.4, -0.2) is 44.9 Å². The zero-order valence-electron chi connectivity index (χ0n) is 19.7. The summed E-state index contributed by atoms with van der Waals surface area (Å²) in [6.45, 7) is 4.50. The predicted molar refractivity (Wildman–Crippen MR) is 140 cm³/mol. The summed E-state index contributed by atoms with van der Waals surface area (Å²) in [5.41, 5.74) is 6.47. The minimum atomic E-state index is -0.699. The van der Waals surface area contributed by atoms with Gasteiger partial charge in [0, 0.05) is 29.6 Å². The van der Waals surface area contributed by atoms with Crippen molar-refractivity contribution in [3.05, 3.63) is 52.8 Å². The molecule has 0 bridgehead atoms. The first-order valence-electron chi connectivity index (χ1n) is 11.3. The van der Waals surface area contributed by atoms with E-state index in [1.807, 2.05) is 19.9 Å². The molecule has 1 aliphatic rings. The number of likely N-dealkylation sites (tertiary alicyclic amines) is 1. The van der Waals surface area contributed by atoms with Crippen molar-refractivity contribution < 1.29 is 13.6 Å². The Bertz CT molecular complexity index is 1640. The third-order valence-electron chi connectivity index (χ3n) is 5.96. The van der Waals surface area contributed by atoms with Crippen molar-refractivity contribution in [2.24, 2.45) is 5.92 Å². The summed E-state index contributed by atoms with van der Waals surface area (Å²) < 4.78 is 30.3. The molecule has 0 aliphatic carbocycles. The minimum absolute atomic E-state index is 0.0245. The first kappa shape index (κ1) is 24.8. The van der Waals surface area contributed by atoms with E-state index in [4.69, 9.17) is 17.3 Å². The van der Waals surface area contributed by atoms with Crippen LogP contribution in [0.1, 0.15) is 13.8 Å². The Morgan fingerprint density at radius 2 is 2.08 bits per heavy atom. The number of thiazole rings is 1. The van der Waals surface area contributed by atoms with Crippen LogP contribution < -0.4 is 11.1 Å². The molecule has 5 rings (SSSR count). The Morgan fingerprint density at radius 3 is 2.78 bits per heavy atom. The lowest BCUT2D eigenvalue weighted by atomic mass is 10.0. The molecule has 0 saturated carbocycles. The fraction of sp³-hybridized carbons (Fsp3) is 0.240. The van der Waals surface area contributed by atoms with E-state index in [9.17, 15) is 14.4 Å². The van der Waals surface area contributed by atoms with Gasteiger partial charge in [0.1, 0.15) is 35.1 Å². The highest BCUT2D eigenvalue weighted by molar-refractivity contribution is 7.22. The topological polar surface area (TPSA) is 121 Å². The molecule has 1 fully saturated rings. The second kappa shape index (κ2) is 9.53. The van der Waals surface area contributed by atoms with Crippen LogP contribution in [0.2, 0.25) is 5.02 Å². The number of rotatable bonds is 5. The van der Waals surface area contributed by atoms with Gasteiger partial charge in [-0.2, -0.15) is 5.26 Å². The molecule has 37 heavy (non-hydrogen) atoms. The number of anilines is 2. The molecule has 0 unspecified atom stereocenters. The zero-order chi connectivity index (χ0) is 26.4. The van der Waals surface area contributed by atoms with Crippen molar-refractivity contribution in [2.75, 3.05) is 24.1 Å². The quantitative estimate of drug-likeness (QED) is 0.266. The molecule has 1 amide bonds. The summed E-state index contributed by atoms with van der Waals surface area (Å²) in [7, 11) is 0. The van der Waals surface area contributed by atoms with Gasteiger partial charge in [0.2, 0.25) is 0 Å². The molecule has 0 atom stereocenters. The fourth-order valence-corrected chi connectivity index (χ4v) is 5.33.